The second kappa shape index (κ2) is 8.42. The fraction of sp³-hybridized carbons (Fsp3) is 0.0909. The average Bonchev–Trinajstić information content (AvgIpc) is 3.42. The molecule has 0 bridgehead atoms. The number of benzene rings is 2. The zero-order chi connectivity index (χ0) is 22.0. The van der Waals surface area contributed by atoms with E-state index in [0.717, 1.165) is 11.3 Å². The molecule has 154 valence electrons. The maximum atomic E-state index is 14.6. The lowest BCUT2D eigenvalue weighted by atomic mass is 10.1. The van der Waals surface area contributed by atoms with E-state index in [9.17, 15) is 9.18 Å². The van der Waals surface area contributed by atoms with Crippen LogP contribution in [0.15, 0.2) is 54.7 Å². The molecule has 0 spiro atoms. The van der Waals surface area contributed by atoms with Gasteiger partial charge in [0.25, 0.3) is 5.91 Å². The van der Waals surface area contributed by atoms with Crippen molar-refractivity contribution >= 4 is 17.5 Å². The van der Waals surface area contributed by atoms with Crippen molar-refractivity contribution in [3.63, 3.8) is 0 Å². The van der Waals surface area contributed by atoms with Crippen LogP contribution in [-0.4, -0.2) is 25.9 Å². The molecule has 2 heterocycles. The second-order valence-corrected chi connectivity index (χ2v) is 7.25. The van der Waals surface area contributed by atoms with Crippen molar-refractivity contribution in [3.05, 3.63) is 88.1 Å². The highest BCUT2D eigenvalue weighted by Gasteiger charge is 2.12. The number of aromatic nitrogens is 4. The Morgan fingerprint density at radius 2 is 2.10 bits per heavy atom. The molecule has 9 heteroatoms. The van der Waals surface area contributed by atoms with E-state index in [1.807, 2.05) is 6.07 Å². The van der Waals surface area contributed by atoms with Gasteiger partial charge >= 0.3 is 0 Å². The molecular weight excluding hydrogens is 419 g/mol. The minimum atomic E-state index is -0.463. The van der Waals surface area contributed by atoms with Gasteiger partial charge in [0.15, 0.2) is 0 Å². The van der Waals surface area contributed by atoms with Gasteiger partial charge in [-0.2, -0.15) is 15.5 Å². The Hall–Kier alpha value is -3.96. The largest absolute Gasteiger partial charge is 0.346 e. The highest BCUT2D eigenvalue weighted by atomic mass is 35.5. The molecule has 0 fully saturated rings. The minimum absolute atomic E-state index is 0.0327. The predicted molar refractivity (Wildman–Crippen MR) is 113 cm³/mol. The quantitative estimate of drug-likeness (QED) is 0.492. The Bertz CT molecular complexity index is 1320. The lowest BCUT2D eigenvalue weighted by Gasteiger charge is -2.08. The van der Waals surface area contributed by atoms with Crippen molar-refractivity contribution in [2.45, 2.75) is 13.5 Å². The van der Waals surface area contributed by atoms with E-state index in [1.165, 1.54) is 6.07 Å². The van der Waals surface area contributed by atoms with Crippen LogP contribution in [-0.2, 0) is 6.54 Å². The molecule has 2 aromatic heterocycles. The fourth-order valence-electron chi connectivity index (χ4n) is 3.01. The van der Waals surface area contributed by atoms with Gasteiger partial charge in [0.2, 0.25) is 0 Å². The molecule has 2 N–H and O–H groups in total. The summed E-state index contributed by atoms with van der Waals surface area (Å²) in [7, 11) is 0. The molecule has 0 unspecified atom stereocenters. The Morgan fingerprint density at radius 1 is 1.26 bits per heavy atom. The van der Waals surface area contributed by atoms with Crippen LogP contribution in [0.25, 0.3) is 16.9 Å². The van der Waals surface area contributed by atoms with Crippen LogP contribution in [0.5, 0.6) is 0 Å². The van der Waals surface area contributed by atoms with E-state index in [0.29, 0.717) is 27.5 Å². The number of H-pyrrole nitrogens is 1. The molecular formula is C22H16ClFN6O. The van der Waals surface area contributed by atoms with Crippen molar-refractivity contribution in [2.24, 2.45) is 0 Å². The molecule has 0 saturated heterocycles. The average molecular weight is 435 g/mol. The molecule has 0 atom stereocenters. The van der Waals surface area contributed by atoms with Gasteiger partial charge in [-0.25, -0.2) is 9.07 Å². The van der Waals surface area contributed by atoms with Gasteiger partial charge in [0.1, 0.15) is 17.6 Å². The summed E-state index contributed by atoms with van der Waals surface area (Å²) in [6.45, 7) is 1.82. The Labute approximate surface area is 182 Å². The van der Waals surface area contributed by atoms with E-state index >= 15 is 0 Å². The van der Waals surface area contributed by atoms with Crippen molar-refractivity contribution < 1.29 is 9.18 Å². The summed E-state index contributed by atoms with van der Waals surface area (Å²) >= 11 is 6.09. The number of amides is 1. The lowest BCUT2D eigenvalue weighted by molar-refractivity contribution is 0.0945. The second-order valence-electron chi connectivity index (χ2n) is 6.85. The van der Waals surface area contributed by atoms with Crippen LogP contribution >= 0.6 is 11.6 Å². The van der Waals surface area contributed by atoms with Crippen molar-refractivity contribution in [1.82, 2.24) is 25.3 Å². The first kappa shape index (κ1) is 20.3. The molecule has 0 aliphatic heterocycles. The van der Waals surface area contributed by atoms with Gasteiger partial charge in [0, 0.05) is 29.6 Å². The maximum absolute atomic E-state index is 14.6. The number of hydrogen-bond donors (Lipinski definition) is 2. The van der Waals surface area contributed by atoms with E-state index < -0.39 is 5.82 Å². The normalized spacial score (nSPS) is 10.6. The number of carbonyl (C=O) groups is 1. The number of nitrogens with zero attached hydrogens (tertiary/aromatic N) is 4. The first-order chi connectivity index (χ1) is 14.9. The molecule has 0 aliphatic carbocycles. The molecule has 4 rings (SSSR count). The highest BCUT2D eigenvalue weighted by molar-refractivity contribution is 6.32. The van der Waals surface area contributed by atoms with Gasteiger partial charge in [-0.15, -0.1) is 0 Å². The Morgan fingerprint density at radius 3 is 2.77 bits per heavy atom. The molecule has 0 saturated carbocycles. The fourth-order valence-corrected chi connectivity index (χ4v) is 3.23. The number of rotatable bonds is 5. The van der Waals surface area contributed by atoms with Crippen LogP contribution in [0.3, 0.4) is 0 Å². The van der Waals surface area contributed by atoms with Crippen molar-refractivity contribution in [2.75, 3.05) is 0 Å². The van der Waals surface area contributed by atoms with E-state index in [2.05, 4.69) is 20.6 Å². The van der Waals surface area contributed by atoms with Gasteiger partial charge in [-0.3, -0.25) is 9.89 Å². The van der Waals surface area contributed by atoms with Gasteiger partial charge in [0.05, 0.1) is 22.0 Å². The Balaban J connectivity index is 1.49. The van der Waals surface area contributed by atoms with Gasteiger partial charge in [-0.1, -0.05) is 23.7 Å². The van der Waals surface area contributed by atoms with E-state index in [4.69, 9.17) is 16.9 Å². The summed E-state index contributed by atoms with van der Waals surface area (Å²) in [4.78, 5) is 12.1. The summed E-state index contributed by atoms with van der Waals surface area (Å²) in [6, 6.07) is 15.1. The smallest absolute Gasteiger partial charge is 0.272 e. The summed E-state index contributed by atoms with van der Waals surface area (Å²) in [5, 5.41) is 23.0. The molecule has 31 heavy (non-hydrogen) atoms. The maximum Gasteiger partial charge on any atom is 0.272 e. The summed E-state index contributed by atoms with van der Waals surface area (Å²) in [6.07, 6.45) is 1.71. The third kappa shape index (κ3) is 4.32. The number of hydrogen-bond acceptors (Lipinski definition) is 4. The molecule has 1 amide bonds. The summed E-state index contributed by atoms with van der Waals surface area (Å²) in [5.74, 6) is -0.847. The first-order valence-electron chi connectivity index (χ1n) is 9.29. The molecule has 7 nitrogen and oxygen atoms in total. The number of aryl methyl sites for hydroxylation is 1. The number of carbonyl (C=O) groups excluding carboxylic acids is 1. The lowest BCUT2D eigenvalue weighted by Crippen LogP contribution is -2.23. The third-order valence-corrected chi connectivity index (χ3v) is 4.97. The van der Waals surface area contributed by atoms with Crippen LogP contribution in [0.2, 0.25) is 5.02 Å². The number of aromatic amines is 1. The minimum Gasteiger partial charge on any atom is -0.346 e. The first-order valence-corrected chi connectivity index (χ1v) is 9.67. The van der Waals surface area contributed by atoms with Gasteiger partial charge < -0.3 is 5.32 Å². The molecule has 0 aliphatic rings. The zero-order valence-electron chi connectivity index (χ0n) is 16.4. The SMILES string of the molecule is Cc1cc(C(=O)NCc2ccc(-n3ccc(-c4ccc(C#N)c(Cl)c4)n3)cc2F)n[nH]1. The van der Waals surface area contributed by atoms with Crippen LogP contribution in [0.1, 0.15) is 27.3 Å². The molecule has 0 radical (unpaired) electrons. The predicted octanol–water partition coefficient (Wildman–Crippen LogP) is 4.17. The summed E-state index contributed by atoms with van der Waals surface area (Å²) in [5.41, 5.74) is 3.66. The van der Waals surface area contributed by atoms with E-state index in [-0.39, 0.29) is 18.1 Å². The standard InChI is InChI=1S/C22H16ClFN6O/c1-13-8-21(28-27-13)22(31)26-12-16-4-5-17(10-19(16)24)30-7-6-20(29-30)14-2-3-15(11-25)18(23)9-14/h2-10H,12H2,1H3,(H,26,31)(H,27,28). The summed E-state index contributed by atoms with van der Waals surface area (Å²) < 4.78 is 16.1. The number of nitrogens with one attached hydrogen (secondary N) is 2. The molecule has 2 aromatic carbocycles. The van der Waals surface area contributed by atoms with Crippen molar-refractivity contribution in [1.29, 1.82) is 5.26 Å². The van der Waals surface area contributed by atoms with Crippen molar-refractivity contribution in [3.8, 4) is 23.0 Å². The highest BCUT2D eigenvalue weighted by Crippen LogP contribution is 2.25. The van der Waals surface area contributed by atoms with Crippen LogP contribution < -0.4 is 5.32 Å². The molecule has 4 aromatic rings. The van der Waals surface area contributed by atoms with E-state index in [1.54, 1.807) is 60.3 Å². The monoisotopic (exact) mass is 434 g/mol. The number of halogens is 2. The number of nitriles is 1. The zero-order valence-corrected chi connectivity index (χ0v) is 17.1. The van der Waals surface area contributed by atoms with Gasteiger partial charge in [-0.05, 0) is 43.3 Å². The van der Waals surface area contributed by atoms with Crippen LogP contribution in [0.4, 0.5) is 4.39 Å². The topological polar surface area (TPSA) is 99.4 Å². The third-order valence-electron chi connectivity index (χ3n) is 4.65. The Kier molecular flexibility index (Phi) is 5.52. The van der Waals surface area contributed by atoms with Crippen LogP contribution in [0, 0.1) is 24.1 Å².